The Bertz CT molecular complexity index is 860. The second-order valence-electron chi connectivity index (χ2n) is 6.71. The number of phenols is 1. The first-order valence-corrected chi connectivity index (χ1v) is 8.71. The molecule has 1 saturated carbocycles. The molecular formula is C20H19NO5. The van der Waals surface area contributed by atoms with Gasteiger partial charge in [0.05, 0.1) is 17.9 Å². The Kier molecular flexibility index (Phi) is 4.03. The normalized spacial score (nSPS) is 21.0. The lowest BCUT2D eigenvalue weighted by atomic mass is 9.94. The predicted molar refractivity (Wildman–Crippen MR) is 92.6 cm³/mol. The predicted octanol–water partition coefficient (Wildman–Crippen LogP) is 3.51. The molecule has 1 unspecified atom stereocenters. The smallest absolute Gasteiger partial charge is 0.290 e. The van der Waals surface area contributed by atoms with E-state index < -0.39 is 23.5 Å². The van der Waals surface area contributed by atoms with Crippen molar-refractivity contribution in [2.45, 2.75) is 37.8 Å². The van der Waals surface area contributed by atoms with Crippen LogP contribution in [0.1, 0.15) is 47.8 Å². The third-order valence-corrected chi connectivity index (χ3v) is 5.16. The van der Waals surface area contributed by atoms with E-state index in [1.54, 1.807) is 23.1 Å². The van der Waals surface area contributed by atoms with Crippen LogP contribution < -0.4 is 0 Å². The Labute approximate surface area is 150 Å². The van der Waals surface area contributed by atoms with E-state index in [1.165, 1.54) is 24.5 Å². The molecule has 1 aromatic heterocycles. The maximum atomic E-state index is 12.9. The number of amides is 1. The van der Waals surface area contributed by atoms with Gasteiger partial charge in [0.1, 0.15) is 5.75 Å². The van der Waals surface area contributed by atoms with E-state index in [0.717, 1.165) is 25.7 Å². The summed E-state index contributed by atoms with van der Waals surface area (Å²) >= 11 is 0. The number of aromatic hydroxyl groups is 1. The summed E-state index contributed by atoms with van der Waals surface area (Å²) in [7, 11) is 0. The number of benzene rings is 1. The van der Waals surface area contributed by atoms with Crippen molar-refractivity contribution in [2.24, 2.45) is 0 Å². The summed E-state index contributed by atoms with van der Waals surface area (Å²) in [4.78, 5) is 27.4. The van der Waals surface area contributed by atoms with Gasteiger partial charge in [-0.15, -0.1) is 0 Å². The molecule has 1 aliphatic heterocycles. The van der Waals surface area contributed by atoms with Crippen LogP contribution in [0, 0.1) is 0 Å². The summed E-state index contributed by atoms with van der Waals surface area (Å²) < 4.78 is 5.19. The molecule has 134 valence electrons. The molecule has 6 heteroatoms. The average molecular weight is 353 g/mol. The van der Waals surface area contributed by atoms with Crippen molar-refractivity contribution in [2.75, 3.05) is 0 Å². The molecule has 1 aliphatic carbocycles. The van der Waals surface area contributed by atoms with Crippen molar-refractivity contribution in [3.05, 3.63) is 65.3 Å². The van der Waals surface area contributed by atoms with Gasteiger partial charge in [-0.1, -0.05) is 25.0 Å². The van der Waals surface area contributed by atoms with E-state index in [2.05, 4.69) is 0 Å². The molecule has 2 aliphatic rings. The number of hydrogen-bond acceptors (Lipinski definition) is 5. The number of carbonyl (C=O) groups excluding carboxylic acids is 2. The molecule has 0 saturated heterocycles. The van der Waals surface area contributed by atoms with Gasteiger partial charge in [0.2, 0.25) is 5.78 Å². The Balaban J connectivity index is 1.82. The zero-order valence-electron chi connectivity index (χ0n) is 14.1. The minimum Gasteiger partial charge on any atom is -0.508 e. The van der Waals surface area contributed by atoms with Gasteiger partial charge >= 0.3 is 0 Å². The number of aliphatic hydroxyl groups is 1. The fourth-order valence-corrected chi connectivity index (χ4v) is 3.94. The van der Waals surface area contributed by atoms with Crippen molar-refractivity contribution >= 4 is 11.7 Å². The van der Waals surface area contributed by atoms with E-state index in [0.29, 0.717) is 5.56 Å². The fraction of sp³-hybridized carbons (Fsp3) is 0.300. The average Bonchev–Trinajstić information content (AvgIpc) is 3.38. The van der Waals surface area contributed by atoms with E-state index in [4.69, 9.17) is 4.42 Å². The molecule has 0 bridgehead atoms. The summed E-state index contributed by atoms with van der Waals surface area (Å²) in [5.74, 6) is -1.37. The lowest BCUT2D eigenvalue weighted by Gasteiger charge is -2.32. The van der Waals surface area contributed by atoms with E-state index in [1.807, 2.05) is 0 Å². The highest BCUT2D eigenvalue weighted by molar-refractivity contribution is 6.15. The molecule has 0 spiro atoms. The van der Waals surface area contributed by atoms with Gasteiger partial charge in [-0.25, -0.2) is 0 Å². The Morgan fingerprint density at radius 3 is 2.38 bits per heavy atom. The quantitative estimate of drug-likeness (QED) is 0.821. The van der Waals surface area contributed by atoms with Crippen molar-refractivity contribution in [1.82, 2.24) is 4.90 Å². The summed E-state index contributed by atoms with van der Waals surface area (Å²) in [5.41, 5.74) is 0.699. The number of carbonyl (C=O) groups is 2. The molecular weight excluding hydrogens is 334 g/mol. The van der Waals surface area contributed by atoms with Gasteiger partial charge in [-0.05, 0) is 42.7 Å². The molecule has 6 nitrogen and oxygen atoms in total. The second kappa shape index (κ2) is 6.37. The minimum atomic E-state index is -0.691. The van der Waals surface area contributed by atoms with Gasteiger partial charge in [0.15, 0.2) is 11.5 Å². The molecule has 26 heavy (non-hydrogen) atoms. The van der Waals surface area contributed by atoms with Gasteiger partial charge in [0, 0.05) is 6.04 Å². The maximum absolute atomic E-state index is 12.9. The summed E-state index contributed by atoms with van der Waals surface area (Å²) in [6, 6.07) is 8.75. The van der Waals surface area contributed by atoms with Gasteiger partial charge < -0.3 is 19.5 Å². The monoisotopic (exact) mass is 353 g/mol. The van der Waals surface area contributed by atoms with Gasteiger partial charge in [-0.3, -0.25) is 9.59 Å². The Morgan fingerprint density at radius 2 is 1.77 bits per heavy atom. The lowest BCUT2D eigenvalue weighted by molar-refractivity contribution is -0.131. The molecule has 1 aromatic carbocycles. The molecule has 1 amide bonds. The minimum absolute atomic E-state index is 0.0228. The molecule has 2 N–H and O–H groups in total. The number of hydrogen-bond donors (Lipinski definition) is 2. The number of aliphatic hydroxyl groups excluding tert-OH is 1. The number of nitrogens with zero attached hydrogens (tertiary/aromatic N) is 1. The highest BCUT2D eigenvalue weighted by Crippen LogP contribution is 2.43. The van der Waals surface area contributed by atoms with Crippen LogP contribution in [0.2, 0.25) is 0 Å². The van der Waals surface area contributed by atoms with E-state index in [-0.39, 0.29) is 23.1 Å². The number of rotatable bonds is 4. The van der Waals surface area contributed by atoms with Crippen LogP contribution in [0.5, 0.6) is 5.75 Å². The largest absolute Gasteiger partial charge is 0.508 e. The van der Waals surface area contributed by atoms with E-state index in [9.17, 15) is 19.8 Å². The Hall–Kier alpha value is -3.02. The van der Waals surface area contributed by atoms with Crippen molar-refractivity contribution in [3.8, 4) is 5.75 Å². The number of phenolic OH excluding ortho intramolecular Hbond substituents is 1. The van der Waals surface area contributed by atoms with Crippen LogP contribution in [0.3, 0.4) is 0 Å². The molecule has 2 heterocycles. The van der Waals surface area contributed by atoms with Crippen molar-refractivity contribution < 1.29 is 24.2 Å². The first-order valence-electron chi connectivity index (χ1n) is 8.71. The fourth-order valence-electron chi connectivity index (χ4n) is 3.94. The van der Waals surface area contributed by atoms with Gasteiger partial charge in [-0.2, -0.15) is 0 Å². The SMILES string of the molecule is O=C(C1=C(O)C(=O)N(C2CCCC2)C1c1ccc(O)cc1)c1ccco1. The Morgan fingerprint density at radius 1 is 1.08 bits per heavy atom. The summed E-state index contributed by atoms with van der Waals surface area (Å²) in [5, 5.41) is 20.1. The van der Waals surface area contributed by atoms with Crippen LogP contribution in [0.25, 0.3) is 0 Å². The summed E-state index contributed by atoms with van der Waals surface area (Å²) in [6.07, 6.45) is 5.09. The zero-order valence-corrected chi connectivity index (χ0v) is 14.1. The topological polar surface area (TPSA) is 91.0 Å². The third kappa shape index (κ3) is 2.58. The van der Waals surface area contributed by atoms with Crippen LogP contribution >= 0.6 is 0 Å². The van der Waals surface area contributed by atoms with Gasteiger partial charge in [0.25, 0.3) is 5.91 Å². The highest BCUT2D eigenvalue weighted by Gasteiger charge is 2.47. The molecule has 0 radical (unpaired) electrons. The summed E-state index contributed by atoms with van der Waals surface area (Å²) in [6.45, 7) is 0. The number of ketones is 1. The van der Waals surface area contributed by atoms with Crippen LogP contribution in [0.4, 0.5) is 0 Å². The standard InChI is InChI=1S/C20H19NO5/c22-14-9-7-12(8-10-14)17-16(18(23)15-6-3-11-26-15)19(24)20(25)21(17)13-4-1-2-5-13/h3,6-11,13,17,22,24H,1-2,4-5H2. The molecule has 1 fully saturated rings. The van der Waals surface area contributed by atoms with Crippen LogP contribution in [-0.4, -0.2) is 32.8 Å². The maximum Gasteiger partial charge on any atom is 0.290 e. The third-order valence-electron chi connectivity index (χ3n) is 5.16. The second-order valence-corrected chi connectivity index (χ2v) is 6.71. The zero-order chi connectivity index (χ0) is 18.3. The van der Waals surface area contributed by atoms with Crippen LogP contribution in [-0.2, 0) is 4.79 Å². The van der Waals surface area contributed by atoms with Crippen LogP contribution in [0.15, 0.2) is 58.4 Å². The van der Waals surface area contributed by atoms with Crippen molar-refractivity contribution in [3.63, 3.8) is 0 Å². The highest BCUT2D eigenvalue weighted by atomic mass is 16.3. The lowest BCUT2D eigenvalue weighted by Crippen LogP contribution is -2.38. The number of Topliss-reactive ketones (excluding diaryl/α,β-unsaturated/α-hetero) is 1. The first kappa shape index (κ1) is 16.4. The molecule has 2 aromatic rings. The van der Waals surface area contributed by atoms with Crippen molar-refractivity contribution in [1.29, 1.82) is 0 Å². The molecule has 1 atom stereocenters. The van der Waals surface area contributed by atoms with E-state index >= 15 is 0 Å². The number of furan rings is 1. The first-order chi connectivity index (χ1) is 12.6. The molecule has 4 rings (SSSR count).